The molecule has 12 heteroatoms. The molecule has 0 aliphatic carbocycles. The Hall–Kier alpha value is -4.06. The highest BCUT2D eigenvalue weighted by Gasteiger charge is 2.28. The predicted molar refractivity (Wildman–Crippen MR) is 134 cm³/mol. The second-order valence-corrected chi connectivity index (χ2v) is 8.78. The highest BCUT2D eigenvalue weighted by molar-refractivity contribution is 7.18. The van der Waals surface area contributed by atoms with Crippen molar-refractivity contribution in [2.45, 2.75) is 41.2 Å². The first-order valence-corrected chi connectivity index (χ1v) is 12.3. The van der Waals surface area contributed by atoms with Crippen molar-refractivity contribution in [3.05, 3.63) is 51.9 Å². The zero-order chi connectivity index (χ0) is 26.0. The number of carbonyl (C=O) groups excluding carboxylic acids is 3. The van der Waals surface area contributed by atoms with Gasteiger partial charge in [-0.25, -0.2) is 19.1 Å². The number of aromatic nitrogens is 5. The van der Waals surface area contributed by atoms with E-state index in [9.17, 15) is 14.4 Å². The minimum absolute atomic E-state index is 0.117. The maximum atomic E-state index is 13.3. The van der Waals surface area contributed by atoms with Gasteiger partial charge in [-0.1, -0.05) is 0 Å². The van der Waals surface area contributed by atoms with Crippen LogP contribution in [0.4, 0.5) is 5.00 Å². The quantitative estimate of drug-likeness (QED) is 0.353. The molecule has 0 aliphatic heterocycles. The number of nitrogens with one attached hydrogen (secondary N) is 1. The van der Waals surface area contributed by atoms with Crippen molar-refractivity contribution in [1.82, 2.24) is 24.4 Å². The fraction of sp³-hybridized carbons (Fsp3) is 0.333. The van der Waals surface area contributed by atoms with Gasteiger partial charge in [0.25, 0.3) is 5.91 Å². The van der Waals surface area contributed by atoms with E-state index < -0.39 is 17.8 Å². The van der Waals surface area contributed by atoms with Crippen molar-refractivity contribution in [3.63, 3.8) is 0 Å². The largest absolute Gasteiger partial charge is 0.462 e. The molecule has 36 heavy (non-hydrogen) atoms. The number of aryl methyl sites for hydroxylation is 2. The molecule has 0 saturated carbocycles. The normalized spacial score (nSPS) is 11.0. The first-order chi connectivity index (χ1) is 17.3. The second kappa shape index (κ2) is 10.3. The van der Waals surface area contributed by atoms with Gasteiger partial charge in [0, 0.05) is 24.5 Å². The van der Waals surface area contributed by atoms with Crippen molar-refractivity contribution in [1.29, 1.82) is 0 Å². The molecule has 4 aromatic rings. The summed E-state index contributed by atoms with van der Waals surface area (Å²) in [6.45, 7) is 9.94. The lowest BCUT2D eigenvalue weighted by molar-refractivity contribution is 0.0527. The maximum Gasteiger partial charge on any atom is 0.348 e. The Morgan fingerprint density at radius 1 is 1.08 bits per heavy atom. The first-order valence-electron chi connectivity index (χ1n) is 11.5. The minimum Gasteiger partial charge on any atom is -0.462 e. The van der Waals surface area contributed by atoms with Crippen LogP contribution in [0.15, 0.2) is 24.7 Å². The summed E-state index contributed by atoms with van der Waals surface area (Å²) in [5.41, 5.74) is 3.48. The number of amides is 1. The standard InChI is InChI=1S/C24H26N6O5S/c1-6-29-12-16(14(5)28-29)17-9-10-25-20-15(11-26-30(17)20)21(31)27-22-18(23(32)34-7-2)13(4)19(36-22)24(33)35-8-3/h9-12H,6-8H2,1-5H3,(H,27,31). The van der Waals surface area contributed by atoms with Crippen LogP contribution in [-0.2, 0) is 16.0 Å². The van der Waals surface area contributed by atoms with Gasteiger partial charge in [-0.3, -0.25) is 9.48 Å². The molecule has 1 N–H and O–H groups in total. The average molecular weight is 511 g/mol. The van der Waals surface area contributed by atoms with Crippen LogP contribution in [0.2, 0.25) is 0 Å². The maximum absolute atomic E-state index is 13.3. The zero-order valence-corrected chi connectivity index (χ0v) is 21.4. The summed E-state index contributed by atoms with van der Waals surface area (Å²) in [7, 11) is 0. The number of thiophene rings is 1. The Kier molecular flexibility index (Phi) is 7.15. The number of hydrogen-bond acceptors (Lipinski definition) is 9. The number of ether oxygens (including phenoxy) is 2. The van der Waals surface area contributed by atoms with Gasteiger partial charge in [-0.15, -0.1) is 11.3 Å². The number of esters is 2. The molecular formula is C24H26N6O5S. The van der Waals surface area contributed by atoms with Gasteiger partial charge in [0.05, 0.1) is 36.4 Å². The summed E-state index contributed by atoms with van der Waals surface area (Å²) in [5.74, 6) is -1.74. The number of fused-ring (bicyclic) bond motifs is 1. The summed E-state index contributed by atoms with van der Waals surface area (Å²) in [4.78, 5) is 43.0. The molecule has 4 rings (SSSR count). The predicted octanol–water partition coefficient (Wildman–Crippen LogP) is 3.90. The fourth-order valence-electron chi connectivity index (χ4n) is 3.80. The van der Waals surface area contributed by atoms with E-state index >= 15 is 0 Å². The van der Waals surface area contributed by atoms with Gasteiger partial charge in [0.15, 0.2) is 5.65 Å². The van der Waals surface area contributed by atoms with Gasteiger partial charge >= 0.3 is 11.9 Å². The lowest BCUT2D eigenvalue weighted by Crippen LogP contribution is -2.15. The molecule has 0 fully saturated rings. The van der Waals surface area contributed by atoms with Gasteiger partial charge in [0.1, 0.15) is 15.4 Å². The van der Waals surface area contributed by atoms with Crippen LogP contribution in [0.25, 0.3) is 16.9 Å². The molecule has 11 nitrogen and oxygen atoms in total. The van der Waals surface area contributed by atoms with Gasteiger partial charge < -0.3 is 14.8 Å². The summed E-state index contributed by atoms with van der Waals surface area (Å²) < 4.78 is 13.7. The van der Waals surface area contributed by atoms with E-state index in [1.165, 1.54) is 6.20 Å². The van der Waals surface area contributed by atoms with Crippen LogP contribution in [-0.4, -0.2) is 55.4 Å². The van der Waals surface area contributed by atoms with E-state index in [2.05, 4.69) is 20.5 Å². The van der Waals surface area contributed by atoms with E-state index in [4.69, 9.17) is 9.47 Å². The highest BCUT2D eigenvalue weighted by Crippen LogP contribution is 2.35. The van der Waals surface area contributed by atoms with E-state index in [0.717, 1.165) is 34.8 Å². The molecule has 0 bridgehead atoms. The molecule has 0 atom stereocenters. The molecule has 0 aromatic carbocycles. The molecule has 0 radical (unpaired) electrons. The monoisotopic (exact) mass is 510 g/mol. The Balaban J connectivity index is 1.73. The highest BCUT2D eigenvalue weighted by atomic mass is 32.1. The number of rotatable bonds is 8. The zero-order valence-electron chi connectivity index (χ0n) is 20.6. The number of anilines is 1. The van der Waals surface area contributed by atoms with Crippen LogP contribution in [0.5, 0.6) is 0 Å². The average Bonchev–Trinajstić information content (AvgIpc) is 3.54. The van der Waals surface area contributed by atoms with Crippen LogP contribution >= 0.6 is 11.3 Å². The molecule has 4 heterocycles. The van der Waals surface area contributed by atoms with Crippen molar-refractivity contribution >= 4 is 39.8 Å². The summed E-state index contributed by atoms with van der Waals surface area (Å²) >= 11 is 0.961. The summed E-state index contributed by atoms with van der Waals surface area (Å²) in [6.07, 6.45) is 4.93. The van der Waals surface area contributed by atoms with Crippen molar-refractivity contribution < 1.29 is 23.9 Å². The number of carbonyl (C=O) groups is 3. The lowest BCUT2D eigenvalue weighted by atomic mass is 10.1. The van der Waals surface area contributed by atoms with Crippen LogP contribution in [0.3, 0.4) is 0 Å². The number of hydrogen-bond donors (Lipinski definition) is 1. The molecule has 0 aliphatic rings. The van der Waals surface area contributed by atoms with E-state index in [0.29, 0.717) is 11.2 Å². The van der Waals surface area contributed by atoms with E-state index in [1.54, 1.807) is 37.5 Å². The SMILES string of the molecule is CCOC(=O)c1sc(NC(=O)c2cnn3c(-c4cn(CC)nc4C)ccnc23)c(C(=O)OCC)c1C. The van der Waals surface area contributed by atoms with Crippen LogP contribution in [0, 0.1) is 13.8 Å². The van der Waals surface area contributed by atoms with Crippen LogP contribution in [0.1, 0.15) is 62.4 Å². The van der Waals surface area contributed by atoms with Gasteiger partial charge in [0.2, 0.25) is 0 Å². The summed E-state index contributed by atoms with van der Waals surface area (Å²) in [5, 5.41) is 11.8. The van der Waals surface area contributed by atoms with E-state index in [1.807, 2.05) is 24.7 Å². The fourth-order valence-corrected chi connectivity index (χ4v) is 4.88. The van der Waals surface area contributed by atoms with Crippen molar-refractivity contribution in [3.8, 4) is 11.3 Å². The third-order valence-electron chi connectivity index (χ3n) is 5.51. The molecular weight excluding hydrogens is 484 g/mol. The Morgan fingerprint density at radius 2 is 1.81 bits per heavy atom. The Morgan fingerprint density at radius 3 is 2.47 bits per heavy atom. The van der Waals surface area contributed by atoms with E-state index in [-0.39, 0.29) is 34.2 Å². The smallest absolute Gasteiger partial charge is 0.348 e. The third kappa shape index (κ3) is 4.47. The first kappa shape index (κ1) is 25.0. The minimum atomic E-state index is -0.638. The van der Waals surface area contributed by atoms with Gasteiger partial charge in [-0.05, 0) is 46.2 Å². The molecule has 4 aromatic heterocycles. The molecule has 0 spiro atoms. The molecule has 1 amide bonds. The third-order valence-corrected chi connectivity index (χ3v) is 6.69. The second-order valence-electron chi connectivity index (χ2n) is 7.76. The Labute approximate surface area is 211 Å². The molecule has 0 unspecified atom stereocenters. The topological polar surface area (TPSA) is 130 Å². The van der Waals surface area contributed by atoms with Gasteiger partial charge in [-0.2, -0.15) is 10.2 Å². The Bertz CT molecular complexity index is 1470. The van der Waals surface area contributed by atoms with Crippen molar-refractivity contribution in [2.75, 3.05) is 18.5 Å². The summed E-state index contributed by atoms with van der Waals surface area (Å²) in [6, 6.07) is 1.80. The van der Waals surface area contributed by atoms with Crippen molar-refractivity contribution in [2.24, 2.45) is 0 Å². The van der Waals surface area contributed by atoms with Crippen LogP contribution < -0.4 is 5.32 Å². The molecule has 188 valence electrons. The molecule has 0 saturated heterocycles. The number of nitrogens with zero attached hydrogens (tertiary/aromatic N) is 5. The lowest BCUT2D eigenvalue weighted by Gasteiger charge is -2.07.